The van der Waals surface area contributed by atoms with Crippen LogP contribution in [0.4, 0.5) is 5.69 Å². The maximum Gasteiger partial charge on any atom is 0.105 e. The van der Waals surface area contributed by atoms with E-state index in [-0.39, 0.29) is 0 Å². The molecular weight excluding hydrogens is 236 g/mol. The molecule has 2 rings (SSSR count). The van der Waals surface area contributed by atoms with Crippen LogP contribution in [0.25, 0.3) is 0 Å². The van der Waals surface area contributed by atoms with Crippen LogP contribution in [0.15, 0.2) is 28.7 Å². The second-order valence-corrected chi connectivity index (χ2v) is 4.88. The highest BCUT2D eigenvalue weighted by Crippen LogP contribution is 2.18. The third-order valence-electron chi connectivity index (χ3n) is 3.44. The molecule has 0 saturated heterocycles. The molecule has 2 aromatic rings. The van der Waals surface area contributed by atoms with Gasteiger partial charge in [-0.05, 0) is 43.5 Å². The summed E-state index contributed by atoms with van der Waals surface area (Å²) in [6, 6.07) is 8.20. The van der Waals surface area contributed by atoms with E-state index < -0.39 is 0 Å². The number of nitrogens with two attached hydrogens (primary N) is 1. The van der Waals surface area contributed by atoms with Crippen molar-refractivity contribution in [1.29, 1.82) is 0 Å². The van der Waals surface area contributed by atoms with Crippen LogP contribution in [0.5, 0.6) is 0 Å². The molecule has 3 N–H and O–H groups in total. The smallest absolute Gasteiger partial charge is 0.105 e. The Labute approximate surface area is 114 Å². The summed E-state index contributed by atoms with van der Waals surface area (Å²) in [5.74, 6) is 1.96. The molecule has 0 saturated carbocycles. The first-order valence-electron chi connectivity index (χ1n) is 6.74. The normalized spacial score (nSPS) is 10.9. The lowest BCUT2D eigenvalue weighted by atomic mass is 10.0. The van der Waals surface area contributed by atoms with Crippen LogP contribution in [-0.4, -0.2) is 0 Å². The van der Waals surface area contributed by atoms with Crippen molar-refractivity contribution < 1.29 is 4.42 Å². The molecule has 0 bridgehead atoms. The van der Waals surface area contributed by atoms with Crippen molar-refractivity contribution in [3.63, 3.8) is 0 Å². The van der Waals surface area contributed by atoms with Crippen molar-refractivity contribution in [3.05, 3.63) is 52.5 Å². The van der Waals surface area contributed by atoms with Gasteiger partial charge in [0.15, 0.2) is 0 Å². The summed E-state index contributed by atoms with van der Waals surface area (Å²) in [6.45, 7) is 7.77. The Kier molecular flexibility index (Phi) is 4.27. The van der Waals surface area contributed by atoms with Crippen LogP contribution in [0, 0.1) is 13.8 Å². The summed E-state index contributed by atoms with van der Waals surface area (Å²) in [4.78, 5) is 0. The molecule has 1 aromatic heterocycles. The molecule has 0 spiro atoms. The van der Waals surface area contributed by atoms with Gasteiger partial charge in [-0.15, -0.1) is 0 Å². The summed E-state index contributed by atoms with van der Waals surface area (Å²) >= 11 is 0. The van der Waals surface area contributed by atoms with Gasteiger partial charge < -0.3 is 15.5 Å². The van der Waals surface area contributed by atoms with Crippen LogP contribution in [0.2, 0.25) is 0 Å². The molecule has 102 valence electrons. The van der Waals surface area contributed by atoms with Gasteiger partial charge in [0.2, 0.25) is 0 Å². The molecule has 0 unspecified atom stereocenters. The lowest BCUT2D eigenvalue weighted by Crippen LogP contribution is -2.14. The zero-order chi connectivity index (χ0) is 13.8. The van der Waals surface area contributed by atoms with Gasteiger partial charge in [0.05, 0.1) is 0 Å². The summed E-state index contributed by atoms with van der Waals surface area (Å²) < 4.78 is 5.52. The minimum absolute atomic E-state index is 0.821. The third-order valence-corrected chi connectivity index (χ3v) is 3.44. The van der Waals surface area contributed by atoms with Crippen molar-refractivity contribution in [2.75, 3.05) is 5.73 Å². The summed E-state index contributed by atoms with van der Waals surface area (Å²) in [5, 5.41) is 3.46. The van der Waals surface area contributed by atoms with E-state index in [0.29, 0.717) is 0 Å². The van der Waals surface area contributed by atoms with Gasteiger partial charge in [-0.1, -0.05) is 19.1 Å². The zero-order valence-electron chi connectivity index (χ0n) is 11.9. The van der Waals surface area contributed by atoms with E-state index in [2.05, 4.69) is 24.4 Å². The molecular formula is C16H22N2O. The second-order valence-electron chi connectivity index (χ2n) is 4.88. The second kappa shape index (κ2) is 5.93. The lowest BCUT2D eigenvalue weighted by molar-refractivity contribution is 0.499. The first-order valence-corrected chi connectivity index (χ1v) is 6.74. The van der Waals surface area contributed by atoms with Gasteiger partial charge in [0.25, 0.3) is 0 Å². The van der Waals surface area contributed by atoms with E-state index in [0.717, 1.165) is 36.7 Å². The Morgan fingerprint density at radius 2 is 1.89 bits per heavy atom. The fourth-order valence-corrected chi connectivity index (χ4v) is 2.44. The monoisotopic (exact) mass is 258 g/mol. The molecule has 0 atom stereocenters. The number of hydrogen-bond acceptors (Lipinski definition) is 3. The zero-order valence-corrected chi connectivity index (χ0v) is 11.9. The minimum Gasteiger partial charge on any atom is -0.466 e. The van der Waals surface area contributed by atoms with Gasteiger partial charge in [-0.3, -0.25) is 0 Å². The van der Waals surface area contributed by atoms with E-state index in [1.165, 1.54) is 16.7 Å². The molecule has 0 amide bonds. The number of hydrogen-bond donors (Lipinski definition) is 2. The van der Waals surface area contributed by atoms with E-state index in [4.69, 9.17) is 10.2 Å². The van der Waals surface area contributed by atoms with Crippen molar-refractivity contribution in [2.45, 2.75) is 40.3 Å². The van der Waals surface area contributed by atoms with Crippen LogP contribution in [-0.2, 0) is 19.5 Å². The van der Waals surface area contributed by atoms with Gasteiger partial charge in [-0.2, -0.15) is 0 Å². The fourth-order valence-electron chi connectivity index (χ4n) is 2.44. The van der Waals surface area contributed by atoms with Gasteiger partial charge >= 0.3 is 0 Å². The maximum absolute atomic E-state index is 6.00. The van der Waals surface area contributed by atoms with E-state index in [9.17, 15) is 0 Å². The molecule has 19 heavy (non-hydrogen) atoms. The van der Waals surface area contributed by atoms with Crippen molar-refractivity contribution in [1.82, 2.24) is 5.32 Å². The first kappa shape index (κ1) is 13.7. The Morgan fingerprint density at radius 1 is 1.16 bits per heavy atom. The average molecular weight is 258 g/mol. The molecule has 3 nitrogen and oxygen atoms in total. The maximum atomic E-state index is 6.00. The minimum atomic E-state index is 0.821. The number of nitrogens with one attached hydrogen (secondary N) is 1. The van der Waals surface area contributed by atoms with E-state index in [1.54, 1.807) is 0 Å². The molecule has 1 aromatic carbocycles. The number of nitrogen functional groups attached to an aromatic ring is 1. The quantitative estimate of drug-likeness (QED) is 0.809. The number of rotatable bonds is 5. The SMILES string of the molecule is CCc1c(N)cccc1CNCc1cc(C)oc1C. The average Bonchev–Trinajstić information content (AvgIpc) is 2.68. The molecule has 0 aliphatic carbocycles. The van der Waals surface area contributed by atoms with Gasteiger partial charge in [-0.25, -0.2) is 0 Å². The molecule has 0 fully saturated rings. The van der Waals surface area contributed by atoms with E-state index >= 15 is 0 Å². The number of aryl methyl sites for hydroxylation is 2. The Hall–Kier alpha value is -1.74. The van der Waals surface area contributed by atoms with Crippen LogP contribution in [0.3, 0.4) is 0 Å². The fraction of sp³-hybridized carbons (Fsp3) is 0.375. The molecule has 3 heteroatoms. The van der Waals surface area contributed by atoms with Crippen molar-refractivity contribution >= 4 is 5.69 Å². The molecule has 0 radical (unpaired) electrons. The van der Waals surface area contributed by atoms with E-state index in [1.807, 2.05) is 26.0 Å². The van der Waals surface area contributed by atoms with Crippen molar-refractivity contribution in [3.8, 4) is 0 Å². The summed E-state index contributed by atoms with van der Waals surface area (Å²) in [7, 11) is 0. The summed E-state index contributed by atoms with van der Waals surface area (Å²) in [5.41, 5.74) is 10.6. The van der Waals surface area contributed by atoms with Gasteiger partial charge in [0, 0.05) is 24.3 Å². The molecule has 0 aliphatic rings. The molecule has 1 heterocycles. The Balaban J connectivity index is 2.00. The van der Waals surface area contributed by atoms with Crippen molar-refractivity contribution in [2.24, 2.45) is 0 Å². The third kappa shape index (κ3) is 3.18. The predicted octanol–water partition coefficient (Wildman–Crippen LogP) is 3.33. The topological polar surface area (TPSA) is 51.2 Å². The number of benzene rings is 1. The van der Waals surface area contributed by atoms with Crippen LogP contribution in [0.1, 0.15) is 35.1 Å². The highest BCUT2D eigenvalue weighted by atomic mass is 16.3. The Bertz CT molecular complexity index is 558. The molecule has 0 aliphatic heterocycles. The first-order chi connectivity index (χ1) is 9.11. The van der Waals surface area contributed by atoms with Crippen LogP contribution >= 0.6 is 0 Å². The number of anilines is 1. The lowest BCUT2D eigenvalue weighted by Gasteiger charge is -2.11. The summed E-state index contributed by atoms with van der Waals surface area (Å²) in [6.07, 6.45) is 0.966. The standard InChI is InChI=1S/C16H22N2O/c1-4-15-13(6-5-7-16(15)17)9-18-10-14-8-11(2)19-12(14)3/h5-8,18H,4,9-10,17H2,1-3H3. The van der Waals surface area contributed by atoms with Crippen LogP contribution < -0.4 is 11.1 Å². The van der Waals surface area contributed by atoms with Gasteiger partial charge in [0.1, 0.15) is 11.5 Å². The highest BCUT2D eigenvalue weighted by Gasteiger charge is 2.06. The highest BCUT2D eigenvalue weighted by molar-refractivity contribution is 5.50. The number of furan rings is 1. The predicted molar refractivity (Wildman–Crippen MR) is 79.0 cm³/mol. The Morgan fingerprint density at radius 3 is 2.53 bits per heavy atom. The largest absolute Gasteiger partial charge is 0.466 e.